The smallest absolute Gasteiger partial charge is 0.349 e. The lowest BCUT2D eigenvalue weighted by Gasteiger charge is -2.23. The summed E-state index contributed by atoms with van der Waals surface area (Å²) in [5, 5.41) is 10.2. The fourth-order valence-corrected chi connectivity index (χ4v) is 5.29. The molecule has 0 fully saturated rings. The minimum Gasteiger partial charge on any atom is -0.496 e. The lowest BCUT2D eigenvalue weighted by molar-refractivity contribution is -0.145. The second-order valence-electron chi connectivity index (χ2n) is 10.0. The topological polar surface area (TPSA) is 86.5 Å². The fourth-order valence-electron chi connectivity index (χ4n) is 5.29. The van der Waals surface area contributed by atoms with Crippen LogP contribution in [0.4, 0.5) is 0 Å². The second kappa shape index (κ2) is 12.3. The molecule has 4 aromatic rings. The Morgan fingerprint density at radius 1 is 1.00 bits per heavy atom. The van der Waals surface area contributed by atoms with Crippen molar-refractivity contribution in [1.82, 2.24) is 14.5 Å². The molecule has 7 heteroatoms. The number of carbonyl (C=O) groups is 1. The standard InChI is InChI=1S/C32H39N3O4/c1-7-12-23-17-22(19-35-27(9-3)34-28-20(4)16-21(5)33-31(28)35)18-24(13-8-2)29(23)39-30(32(36)37)25-14-10-11-15-26(25)38-6/h10-11,14-18,30H,7-9,12-13,19H2,1-6H3,(H,36,37). The average molecular weight is 530 g/mol. The Kier molecular flexibility index (Phi) is 8.90. The number of imidazole rings is 1. The molecule has 0 spiro atoms. The Morgan fingerprint density at radius 3 is 2.26 bits per heavy atom. The van der Waals surface area contributed by atoms with Gasteiger partial charge < -0.3 is 19.1 Å². The number of rotatable bonds is 12. The van der Waals surface area contributed by atoms with E-state index in [-0.39, 0.29) is 0 Å². The quantitative estimate of drug-likeness (QED) is 0.218. The highest BCUT2D eigenvalue weighted by Crippen LogP contribution is 2.36. The van der Waals surface area contributed by atoms with E-state index >= 15 is 0 Å². The van der Waals surface area contributed by atoms with Gasteiger partial charge in [-0.05, 0) is 61.1 Å². The number of fused-ring (bicyclic) bond motifs is 1. The van der Waals surface area contributed by atoms with Crippen LogP contribution in [0.15, 0.2) is 42.5 Å². The average Bonchev–Trinajstić information content (AvgIpc) is 3.26. The Labute approximate surface area is 230 Å². The number of aromatic nitrogens is 3. The summed E-state index contributed by atoms with van der Waals surface area (Å²) < 4.78 is 14.1. The molecular formula is C32H39N3O4. The van der Waals surface area contributed by atoms with Crippen LogP contribution in [-0.4, -0.2) is 32.7 Å². The molecule has 1 unspecified atom stereocenters. The van der Waals surface area contributed by atoms with Crippen LogP contribution in [-0.2, 0) is 30.6 Å². The Morgan fingerprint density at radius 2 is 1.67 bits per heavy atom. The van der Waals surface area contributed by atoms with Crippen LogP contribution in [0.3, 0.4) is 0 Å². The van der Waals surface area contributed by atoms with Gasteiger partial charge in [-0.2, -0.15) is 0 Å². The summed E-state index contributed by atoms with van der Waals surface area (Å²) in [6, 6.07) is 13.5. The first kappa shape index (κ1) is 28.1. The lowest BCUT2D eigenvalue weighted by Crippen LogP contribution is -2.20. The molecule has 0 bridgehead atoms. The van der Waals surface area contributed by atoms with Crippen molar-refractivity contribution in [3.05, 3.63) is 81.8 Å². The minimum atomic E-state index is -1.18. The van der Waals surface area contributed by atoms with Gasteiger partial charge in [0.2, 0.25) is 6.10 Å². The number of methoxy groups -OCH3 is 1. The van der Waals surface area contributed by atoms with Crippen LogP contribution in [0.5, 0.6) is 11.5 Å². The molecule has 2 aromatic heterocycles. The van der Waals surface area contributed by atoms with Crippen molar-refractivity contribution in [2.75, 3.05) is 7.11 Å². The van der Waals surface area contributed by atoms with Crippen molar-refractivity contribution in [1.29, 1.82) is 0 Å². The normalized spacial score (nSPS) is 12.1. The predicted octanol–water partition coefficient (Wildman–Crippen LogP) is 6.78. The van der Waals surface area contributed by atoms with Gasteiger partial charge in [-0.15, -0.1) is 0 Å². The van der Waals surface area contributed by atoms with Crippen LogP contribution in [0, 0.1) is 13.8 Å². The summed E-state index contributed by atoms with van der Waals surface area (Å²) in [6.07, 6.45) is 2.99. The van der Waals surface area contributed by atoms with Gasteiger partial charge in [0.25, 0.3) is 0 Å². The molecule has 7 nitrogen and oxygen atoms in total. The number of para-hydroxylation sites is 1. The first-order valence-electron chi connectivity index (χ1n) is 13.8. The summed E-state index contributed by atoms with van der Waals surface area (Å²) in [5.74, 6) is 1.11. The molecule has 2 heterocycles. The molecular weight excluding hydrogens is 490 g/mol. The van der Waals surface area contributed by atoms with Crippen molar-refractivity contribution in [3.63, 3.8) is 0 Å². The molecule has 2 aromatic carbocycles. The van der Waals surface area contributed by atoms with E-state index in [2.05, 4.69) is 50.5 Å². The number of benzene rings is 2. The lowest BCUT2D eigenvalue weighted by atomic mass is 9.97. The number of carboxylic acid groups (broad SMARTS) is 1. The number of pyridine rings is 1. The molecule has 4 rings (SSSR count). The summed E-state index contributed by atoms with van der Waals surface area (Å²) >= 11 is 0. The second-order valence-corrected chi connectivity index (χ2v) is 10.0. The fraction of sp³-hybridized carbons (Fsp3) is 0.406. The number of hydrogen-bond acceptors (Lipinski definition) is 5. The minimum absolute atomic E-state index is 0.493. The number of nitrogens with zero attached hydrogens (tertiary/aromatic N) is 3. The maximum Gasteiger partial charge on any atom is 0.349 e. The SMILES string of the molecule is CCCc1cc(Cn2c(CC)nc3c(C)cc(C)nc32)cc(CCC)c1OC(C(=O)O)c1ccccc1OC. The van der Waals surface area contributed by atoms with Crippen molar-refractivity contribution in [3.8, 4) is 11.5 Å². The molecule has 39 heavy (non-hydrogen) atoms. The van der Waals surface area contributed by atoms with Gasteiger partial charge in [0, 0.05) is 17.7 Å². The number of aryl methyl sites for hydroxylation is 5. The number of aliphatic carboxylic acids is 1. The zero-order valence-electron chi connectivity index (χ0n) is 23.9. The maximum atomic E-state index is 12.4. The van der Waals surface area contributed by atoms with Gasteiger partial charge >= 0.3 is 5.97 Å². The monoisotopic (exact) mass is 529 g/mol. The van der Waals surface area contributed by atoms with Crippen LogP contribution in [0.2, 0.25) is 0 Å². The van der Waals surface area contributed by atoms with E-state index in [1.165, 1.54) is 0 Å². The highest BCUT2D eigenvalue weighted by Gasteiger charge is 2.28. The third-order valence-corrected chi connectivity index (χ3v) is 6.98. The maximum absolute atomic E-state index is 12.4. The first-order chi connectivity index (χ1) is 18.8. The van der Waals surface area contributed by atoms with Crippen LogP contribution < -0.4 is 9.47 Å². The molecule has 0 aliphatic heterocycles. The van der Waals surface area contributed by atoms with Gasteiger partial charge in [0.05, 0.1) is 13.7 Å². The molecule has 0 saturated heterocycles. The number of hydrogen-bond donors (Lipinski definition) is 1. The van der Waals surface area contributed by atoms with E-state index < -0.39 is 12.1 Å². The molecule has 206 valence electrons. The molecule has 1 atom stereocenters. The van der Waals surface area contributed by atoms with E-state index in [9.17, 15) is 9.90 Å². The van der Waals surface area contributed by atoms with Crippen LogP contribution in [0.25, 0.3) is 11.2 Å². The third-order valence-electron chi connectivity index (χ3n) is 6.98. The van der Waals surface area contributed by atoms with E-state index in [0.29, 0.717) is 23.6 Å². The summed E-state index contributed by atoms with van der Waals surface area (Å²) in [6.45, 7) is 11.1. The van der Waals surface area contributed by atoms with Gasteiger partial charge in [-0.1, -0.05) is 63.9 Å². The van der Waals surface area contributed by atoms with Crippen LogP contribution in [0.1, 0.15) is 79.1 Å². The van der Waals surface area contributed by atoms with E-state index in [0.717, 1.165) is 77.0 Å². The Hall–Kier alpha value is -3.87. The highest BCUT2D eigenvalue weighted by atomic mass is 16.5. The number of carboxylic acids is 1. The molecule has 0 radical (unpaired) electrons. The third kappa shape index (κ3) is 5.92. The molecule has 0 aliphatic carbocycles. The summed E-state index contributed by atoms with van der Waals surface area (Å²) in [7, 11) is 1.54. The molecule has 0 amide bonds. The molecule has 0 saturated carbocycles. The summed E-state index contributed by atoms with van der Waals surface area (Å²) in [5.41, 5.74) is 7.61. The van der Waals surface area contributed by atoms with Crippen molar-refractivity contribution in [2.24, 2.45) is 0 Å². The highest BCUT2D eigenvalue weighted by molar-refractivity contribution is 5.77. The zero-order valence-corrected chi connectivity index (χ0v) is 23.9. The first-order valence-corrected chi connectivity index (χ1v) is 13.8. The van der Waals surface area contributed by atoms with E-state index in [1.807, 2.05) is 13.0 Å². The largest absolute Gasteiger partial charge is 0.496 e. The predicted molar refractivity (Wildman–Crippen MR) is 154 cm³/mol. The van der Waals surface area contributed by atoms with Gasteiger partial charge in [0.1, 0.15) is 22.8 Å². The van der Waals surface area contributed by atoms with Crippen molar-refractivity contribution >= 4 is 17.1 Å². The summed E-state index contributed by atoms with van der Waals surface area (Å²) in [4.78, 5) is 22.2. The molecule has 0 aliphatic rings. The zero-order chi connectivity index (χ0) is 28.1. The van der Waals surface area contributed by atoms with Crippen molar-refractivity contribution in [2.45, 2.75) is 79.4 Å². The van der Waals surface area contributed by atoms with Gasteiger partial charge in [-0.3, -0.25) is 0 Å². The molecule has 1 N–H and O–H groups in total. The van der Waals surface area contributed by atoms with E-state index in [1.54, 1.807) is 25.3 Å². The van der Waals surface area contributed by atoms with E-state index in [4.69, 9.17) is 19.4 Å². The van der Waals surface area contributed by atoms with Crippen molar-refractivity contribution < 1.29 is 19.4 Å². The number of ether oxygens (including phenoxy) is 2. The Balaban J connectivity index is 1.82. The Bertz CT molecular complexity index is 1450. The van der Waals surface area contributed by atoms with Gasteiger partial charge in [0.15, 0.2) is 5.65 Å². The van der Waals surface area contributed by atoms with Crippen LogP contribution >= 0.6 is 0 Å². The van der Waals surface area contributed by atoms with Gasteiger partial charge in [-0.25, -0.2) is 14.8 Å².